The monoisotopic (exact) mass is 286 g/mol. The van der Waals surface area contributed by atoms with E-state index in [1.165, 1.54) is 25.5 Å². The molecular weight excluding hydrogens is 272 g/mol. The number of aliphatic carboxylic acids is 2. The summed E-state index contributed by atoms with van der Waals surface area (Å²) in [5.41, 5.74) is 0.301. The molecule has 0 radical (unpaired) electrons. The first-order valence-corrected chi connectivity index (χ1v) is 6.59. The van der Waals surface area contributed by atoms with Gasteiger partial charge >= 0.3 is 11.9 Å². The van der Waals surface area contributed by atoms with E-state index in [2.05, 4.69) is 0 Å². The number of rotatable bonds is 8. The molecule has 0 saturated carbocycles. The van der Waals surface area contributed by atoms with Crippen molar-refractivity contribution in [3.05, 3.63) is 24.2 Å². The molecule has 1 aromatic rings. The molecule has 1 aromatic heterocycles. The Kier molecular flexibility index (Phi) is 5.62. The van der Waals surface area contributed by atoms with E-state index in [1.807, 2.05) is 0 Å². The second-order valence-corrected chi connectivity index (χ2v) is 5.36. The highest BCUT2D eigenvalue weighted by Gasteiger charge is 2.25. The van der Waals surface area contributed by atoms with Crippen LogP contribution < -0.4 is 0 Å². The van der Waals surface area contributed by atoms with Gasteiger partial charge in [0, 0.05) is 11.7 Å². The van der Waals surface area contributed by atoms with Crippen LogP contribution in [0.15, 0.2) is 23.0 Å². The van der Waals surface area contributed by atoms with Crippen LogP contribution in [0.4, 0.5) is 0 Å². The molecule has 0 aromatic carbocycles. The van der Waals surface area contributed by atoms with Crippen molar-refractivity contribution in [3.63, 3.8) is 0 Å². The summed E-state index contributed by atoms with van der Waals surface area (Å²) in [6, 6.07) is 1.46. The van der Waals surface area contributed by atoms with E-state index in [1.54, 1.807) is 0 Å². The number of ketones is 1. The SMILES string of the molecule is CC(SCC(CC(=O)O)C(=O)c1ccoc1)C(=O)O. The molecule has 0 aliphatic heterocycles. The van der Waals surface area contributed by atoms with Crippen LogP contribution in [0, 0.1) is 5.92 Å². The summed E-state index contributed by atoms with van der Waals surface area (Å²) < 4.78 is 4.79. The first kappa shape index (κ1) is 15.3. The number of furan rings is 1. The van der Waals surface area contributed by atoms with E-state index < -0.39 is 23.1 Å². The van der Waals surface area contributed by atoms with Gasteiger partial charge in [0.1, 0.15) is 6.26 Å². The molecule has 0 saturated heterocycles. The Morgan fingerprint density at radius 2 is 2.05 bits per heavy atom. The summed E-state index contributed by atoms with van der Waals surface area (Å²) in [5.74, 6) is -3.05. The van der Waals surface area contributed by atoms with Crippen LogP contribution >= 0.6 is 11.8 Å². The number of Topliss-reactive ketones (excluding diaryl/α,β-unsaturated/α-hetero) is 1. The largest absolute Gasteiger partial charge is 0.481 e. The smallest absolute Gasteiger partial charge is 0.316 e. The molecule has 2 N–H and O–H groups in total. The maximum absolute atomic E-state index is 12.0. The van der Waals surface area contributed by atoms with E-state index >= 15 is 0 Å². The van der Waals surface area contributed by atoms with Crippen molar-refractivity contribution >= 4 is 29.5 Å². The third-order valence-corrected chi connectivity index (χ3v) is 3.79. The van der Waals surface area contributed by atoms with Crippen molar-refractivity contribution in [2.24, 2.45) is 5.92 Å². The van der Waals surface area contributed by atoms with Crippen molar-refractivity contribution in [3.8, 4) is 0 Å². The zero-order chi connectivity index (χ0) is 14.4. The van der Waals surface area contributed by atoms with Crippen molar-refractivity contribution in [2.75, 3.05) is 5.75 Å². The molecule has 7 heteroatoms. The first-order chi connectivity index (χ1) is 8.91. The van der Waals surface area contributed by atoms with E-state index in [4.69, 9.17) is 14.6 Å². The van der Waals surface area contributed by atoms with Gasteiger partial charge in [-0.15, -0.1) is 11.8 Å². The summed E-state index contributed by atoms with van der Waals surface area (Å²) in [4.78, 5) is 33.5. The minimum Gasteiger partial charge on any atom is -0.481 e. The topological polar surface area (TPSA) is 105 Å². The minimum atomic E-state index is -1.09. The number of carbonyl (C=O) groups is 3. The number of carbonyl (C=O) groups excluding carboxylic acids is 1. The van der Waals surface area contributed by atoms with Gasteiger partial charge in [-0.3, -0.25) is 14.4 Å². The van der Waals surface area contributed by atoms with Gasteiger partial charge in [-0.2, -0.15) is 0 Å². The Morgan fingerprint density at radius 3 is 2.53 bits per heavy atom. The second kappa shape index (κ2) is 6.98. The molecule has 0 bridgehead atoms. The molecule has 1 heterocycles. The Morgan fingerprint density at radius 1 is 1.37 bits per heavy atom. The van der Waals surface area contributed by atoms with Gasteiger partial charge in [0.25, 0.3) is 0 Å². The summed E-state index contributed by atoms with van der Waals surface area (Å²) in [6.07, 6.45) is 2.25. The third-order valence-electron chi connectivity index (χ3n) is 2.49. The third kappa shape index (κ3) is 4.78. The summed E-state index contributed by atoms with van der Waals surface area (Å²) >= 11 is 1.05. The van der Waals surface area contributed by atoms with Gasteiger partial charge in [-0.1, -0.05) is 0 Å². The number of hydrogen-bond acceptors (Lipinski definition) is 5. The molecule has 2 atom stereocenters. The van der Waals surface area contributed by atoms with Crippen molar-refractivity contribution < 1.29 is 29.0 Å². The first-order valence-electron chi connectivity index (χ1n) is 5.54. The lowest BCUT2D eigenvalue weighted by Gasteiger charge is -2.14. The highest BCUT2D eigenvalue weighted by molar-refractivity contribution is 8.00. The quantitative estimate of drug-likeness (QED) is 0.701. The maximum atomic E-state index is 12.0. The van der Waals surface area contributed by atoms with Crippen molar-refractivity contribution in [1.82, 2.24) is 0 Å². The number of carboxylic acids is 2. The molecule has 0 amide bonds. The molecule has 6 nitrogen and oxygen atoms in total. The molecular formula is C12H14O6S. The fourth-order valence-corrected chi connectivity index (χ4v) is 2.34. The van der Waals surface area contributed by atoms with Crippen LogP contribution in [0.2, 0.25) is 0 Å². The zero-order valence-electron chi connectivity index (χ0n) is 10.2. The summed E-state index contributed by atoms with van der Waals surface area (Å²) in [6.45, 7) is 1.49. The lowest BCUT2D eigenvalue weighted by molar-refractivity contribution is -0.138. The summed E-state index contributed by atoms with van der Waals surface area (Å²) in [5, 5.41) is 16.9. The Hall–Kier alpha value is -1.76. The van der Waals surface area contributed by atoms with E-state index in [0.29, 0.717) is 5.56 Å². The van der Waals surface area contributed by atoms with Gasteiger partial charge in [0.2, 0.25) is 0 Å². The Balaban J connectivity index is 2.69. The predicted molar refractivity (Wildman–Crippen MR) is 68.3 cm³/mol. The maximum Gasteiger partial charge on any atom is 0.316 e. The molecule has 0 aliphatic rings. The van der Waals surface area contributed by atoms with Gasteiger partial charge in [0.05, 0.1) is 23.5 Å². The average Bonchev–Trinajstić information content (AvgIpc) is 2.86. The molecule has 2 unspecified atom stereocenters. The predicted octanol–water partition coefficient (Wildman–Crippen LogP) is 1.76. The highest BCUT2D eigenvalue weighted by atomic mass is 32.2. The van der Waals surface area contributed by atoms with Gasteiger partial charge < -0.3 is 14.6 Å². The van der Waals surface area contributed by atoms with Crippen LogP contribution in [0.3, 0.4) is 0 Å². The van der Waals surface area contributed by atoms with Crippen LogP contribution in [-0.4, -0.2) is 38.9 Å². The fraction of sp³-hybridized carbons (Fsp3) is 0.417. The lowest BCUT2D eigenvalue weighted by Crippen LogP contribution is -2.23. The van der Waals surface area contributed by atoms with Crippen molar-refractivity contribution in [1.29, 1.82) is 0 Å². The summed E-state index contributed by atoms with van der Waals surface area (Å²) in [7, 11) is 0. The van der Waals surface area contributed by atoms with Crippen LogP contribution in [0.25, 0.3) is 0 Å². The molecule has 0 aliphatic carbocycles. The average molecular weight is 286 g/mol. The Bertz CT molecular complexity index is 453. The van der Waals surface area contributed by atoms with E-state index in [9.17, 15) is 14.4 Å². The number of hydrogen-bond donors (Lipinski definition) is 2. The van der Waals surface area contributed by atoms with Crippen molar-refractivity contribution in [2.45, 2.75) is 18.6 Å². The Labute approximate surface area is 113 Å². The zero-order valence-corrected chi connectivity index (χ0v) is 11.1. The van der Waals surface area contributed by atoms with E-state index in [-0.39, 0.29) is 18.0 Å². The van der Waals surface area contributed by atoms with Gasteiger partial charge in [-0.25, -0.2) is 0 Å². The standard InChI is InChI=1S/C12H14O6S/c1-7(12(16)17)19-6-9(4-10(13)14)11(15)8-2-3-18-5-8/h2-3,5,7,9H,4,6H2,1H3,(H,13,14)(H,16,17). The number of carboxylic acid groups (broad SMARTS) is 2. The molecule has 0 spiro atoms. The molecule has 19 heavy (non-hydrogen) atoms. The van der Waals surface area contributed by atoms with Crippen LogP contribution in [0.1, 0.15) is 23.7 Å². The minimum absolute atomic E-state index is 0.143. The molecule has 1 rings (SSSR count). The highest BCUT2D eigenvalue weighted by Crippen LogP contribution is 2.21. The fourth-order valence-electron chi connectivity index (χ4n) is 1.41. The normalized spacial score (nSPS) is 13.7. The molecule has 104 valence electrons. The second-order valence-electron chi connectivity index (χ2n) is 3.98. The lowest BCUT2D eigenvalue weighted by atomic mass is 9.98. The molecule has 0 fully saturated rings. The van der Waals surface area contributed by atoms with Crippen LogP contribution in [0.5, 0.6) is 0 Å². The van der Waals surface area contributed by atoms with E-state index in [0.717, 1.165) is 11.8 Å². The van der Waals surface area contributed by atoms with Gasteiger partial charge in [0.15, 0.2) is 5.78 Å². The number of thioether (sulfide) groups is 1. The van der Waals surface area contributed by atoms with Gasteiger partial charge in [-0.05, 0) is 13.0 Å². The van der Waals surface area contributed by atoms with Crippen LogP contribution in [-0.2, 0) is 9.59 Å².